The summed E-state index contributed by atoms with van der Waals surface area (Å²) in [6, 6.07) is 8.97. The van der Waals surface area contributed by atoms with Crippen LogP contribution in [0.4, 0.5) is 0 Å². The molecule has 0 radical (unpaired) electrons. The van der Waals surface area contributed by atoms with Crippen LogP contribution in [-0.4, -0.2) is 29.6 Å². The van der Waals surface area contributed by atoms with Gasteiger partial charge in [-0.15, -0.1) is 0 Å². The molecule has 0 heterocycles. The highest BCUT2D eigenvalue weighted by Gasteiger charge is 2.16. The van der Waals surface area contributed by atoms with Crippen LogP contribution in [0.25, 0.3) is 0 Å². The lowest BCUT2D eigenvalue weighted by molar-refractivity contribution is -0.153. The second kappa shape index (κ2) is 7.61. The van der Waals surface area contributed by atoms with Gasteiger partial charge in [0.1, 0.15) is 0 Å². The van der Waals surface area contributed by atoms with Crippen molar-refractivity contribution in [2.75, 3.05) is 6.61 Å². The Labute approximate surface area is 107 Å². The molecule has 1 N–H and O–H groups in total. The topological polar surface area (TPSA) is 63.6 Å². The van der Waals surface area contributed by atoms with Crippen molar-refractivity contribution in [3.8, 4) is 0 Å². The highest BCUT2D eigenvalue weighted by atomic mass is 16.5. The van der Waals surface area contributed by atoms with Gasteiger partial charge in [0.25, 0.3) is 0 Å². The van der Waals surface area contributed by atoms with Crippen molar-refractivity contribution < 1.29 is 19.4 Å². The summed E-state index contributed by atoms with van der Waals surface area (Å²) in [6.07, 6.45) is -0.0977. The van der Waals surface area contributed by atoms with Crippen molar-refractivity contribution in [3.05, 3.63) is 35.9 Å². The zero-order valence-electron chi connectivity index (χ0n) is 10.5. The van der Waals surface area contributed by atoms with Gasteiger partial charge in [0.05, 0.1) is 6.61 Å². The van der Waals surface area contributed by atoms with E-state index in [1.165, 1.54) is 0 Å². The molecule has 1 rings (SSSR count). The molecule has 0 saturated carbocycles. The Bertz CT molecular complexity index is 386. The van der Waals surface area contributed by atoms with E-state index < -0.39 is 12.1 Å². The number of aliphatic hydroxyl groups is 1. The van der Waals surface area contributed by atoms with E-state index in [0.29, 0.717) is 18.4 Å². The van der Waals surface area contributed by atoms with E-state index in [1.54, 1.807) is 31.2 Å². The fourth-order valence-electron chi connectivity index (χ4n) is 1.58. The molecule has 1 unspecified atom stereocenters. The molecular weight excluding hydrogens is 232 g/mol. The van der Waals surface area contributed by atoms with E-state index in [2.05, 4.69) is 4.74 Å². The zero-order chi connectivity index (χ0) is 13.4. The number of carbonyl (C=O) groups is 2. The Balaban J connectivity index is 2.30. The first kappa shape index (κ1) is 14.4. The Morgan fingerprint density at radius 3 is 2.56 bits per heavy atom. The summed E-state index contributed by atoms with van der Waals surface area (Å²) in [7, 11) is 0. The number of carbonyl (C=O) groups excluding carboxylic acids is 2. The predicted octanol–water partition coefficient (Wildman–Crippen LogP) is 1.96. The maximum absolute atomic E-state index is 11.7. The number of hydrogen-bond donors (Lipinski definition) is 1. The smallest absolute Gasteiger partial charge is 0.334 e. The molecule has 0 aliphatic rings. The summed E-state index contributed by atoms with van der Waals surface area (Å²) in [5.41, 5.74) is 0.656. The SMILES string of the molecule is CCOC(=O)C(O)CCCC(=O)c1ccccc1. The average Bonchev–Trinajstić information content (AvgIpc) is 2.39. The van der Waals surface area contributed by atoms with Crippen LogP contribution in [0.5, 0.6) is 0 Å². The third-order valence-electron chi connectivity index (χ3n) is 2.54. The lowest BCUT2D eigenvalue weighted by Crippen LogP contribution is -2.23. The maximum Gasteiger partial charge on any atom is 0.334 e. The number of ether oxygens (including phenoxy) is 1. The first-order valence-electron chi connectivity index (χ1n) is 6.08. The molecule has 1 aromatic carbocycles. The number of benzene rings is 1. The van der Waals surface area contributed by atoms with Crippen molar-refractivity contribution in [2.24, 2.45) is 0 Å². The van der Waals surface area contributed by atoms with Crippen LogP contribution in [-0.2, 0) is 9.53 Å². The Morgan fingerprint density at radius 1 is 1.28 bits per heavy atom. The molecule has 1 aromatic rings. The molecule has 18 heavy (non-hydrogen) atoms. The maximum atomic E-state index is 11.7. The second-order valence-electron chi connectivity index (χ2n) is 3.95. The molecule has 0 fully saturated rings. The third-order valence-corrected chi connectivity index (χ3v) is 2.54. The predicted molar refractivity (Wildman–Crippen MR) is 67.3 cm³/mol. The van der Waals surface area contributed by atoms with E-state index in [0.717, 1.165) is 0 Å². The van der Waals surface area contributed by atoms with Gasteiger partial charge in [0.2, 0.25) is 0 Å². The van der Waals surface area contributed by atoms with E-state index in [-0.39, 0.29) is 18.8 Å². The highest BCUT2D eigenvalue weighted by Crippen LogP contribution is 2.09. The largest absolute Gasteiger partial charge is 0.464 e. The van der Waals surface area contributed by atoms with Gasteiger partial charge in [0.15, 0.2) is 11.9 Å². The first-order valence-corrected chi connectivity index (χ1v) is 6.08. The minimum atomic E-state index is -1.13. The van der Waals surface area contributed by atoms with Gasteiger partial charge in [-0.2, -0.15) is 0 Å². The molecule has 0 aliphatic carbocycles. The molecule has 0 aromatic heterocycles. The molecule has 0 amide bonds. The van der Waals surface area contributed by atoms with E-state index in [4.69, 9.17) is 0 Å². The Morgan fingerprint density at radius 2 is 1.94 bits per heavy atom. The number of esters is 1. The summed E-state index contributed by atoms with van der Waals surface area (Å²) in [5.74, 6) is -0.601. The summed E-state index contributed by atoms with van der Waals surface area (Å²) < 4.78 is 4.67. The molecule has 4 heteroatoms. The molecule has 98 valence electrons. The molecule has 0 aliphatic heterocycles. The van der Waals surface area contributed by atoms with Crippen molar-refractivity contribution in [1.82, 2.24) is 0 Å². The third kappa shape index (κ3) is 4.67. The lowest BCUT2D eigenvalue weighted by Gasteiger charge is -2.08. The normalized spacial score (nSPS) is 11.9. The molecule has 0 bridgehead atoms. The number of Topliss-reactive ketones (excluding diaryl/α,β-unsaturated/α-hetero) is 1. The van der Waals surface area contributed by atoms with Crippen molar-refractivity contribution in [2.45, 2.75) is 32.3 Å². The second-order valence-corrected chi connectivity index (χ2v) is 3.95. The monoisotopic (exact) mass is 250 g/mol. The minimum absolute atomic E-state index is 0.0201. The Hall–Kier alpha value is -1.68. The standard InChI is InChI=1S/C14H18O4/c1-2-18-14(17)13(16)10-6-9-12(15)11-7-4-3-5-8-11/h3-5,7-8,13,16H,2,6,9-10H2,1H3. The summed E-state index contributed by atoms with van der Waals surface area (Å²) in [5, 5.41) is 9.45. The number of rotatable bonds is 7. The number of aliphatic hydroxyl groups excluding tert-OH is 1. The van der Waals surface area contributed by atoms with Crippen LogP contribution in [0.1, 0.15) is 36.5 Å². The zero-order valence-corrected chi connectivity index (χ0v) is 10.5. The van der Waals surface area contributed by atoms with Crippen LogP contribution >= 0.6 is 0 Å². The average molecular weight is 250 g/mol. The lowest BCUT2D eigenvalue weighted by atomic mass is 10.0. The van der Waals surface area contributed by atoms with Crippen LogP contribution in [0.2, 0.25) is 0 Å². The number of hydrogen-bond acceptors (Lipinski definition) is 4. The van der Waals surface area contributed by atoms with Gasteiger partial charge in [-0.3, -0.25) is 4.79 Å². The summed E-state index contributed by atoms with van der Waals surface area (Å²) in [4.78, 5) is 22.9. The van der Waals surface area contributed by atoms with Crippen LogP contribution in [0.15, 0.2) is 30.3 Å². The van der Waals surface area contributed by atoms with Gasteiger partial charge >= 0.3 is 5.97 Å². The van der Waals surface area contributed by atoms with Gasteiger partial charge in [-0.1, -0.05) is 30.3 Å². The van der Waals surface area contributed by atoms with Gasteiger partial charge in [-0.25, -0.2) is 4.79 Å². The van der Waals surface area contributed by atoms with Gasteiger partial charge < -0.3 is 9.84 Å². The van der Waals surface area contributed by atoms with Gasteiger partial charge in [-0.05, 0) is 19.8 Å². The van der Waals surface area contributed by atoms with Crippen LogP contribution < -0.4 is 0 Å². The fraction of sp³-hybridized carbons (Fsp3) is 0.429. The quantitative estimate of drug-likeness (QED) is 0.593. The molecular formula is C14H18O4. The van der Waals surface area contributed by atoms with Crippen molar-refractivity contribution in [3.63, 3.8) is 0 Å². The van der Waals surface area contributed by atoms with Crippen molar-refractivity contribution in [1.29, 1.82) is 0 Å². The Kier molecular flexibility index (Phi) is 6.08. The van der Waals surface area contributed by atoms with Crippen LogP contribution in [0, 0.1) is 0 Å². The highest BCUT2D eigenvalue weighted by molar-refractivity contribution is 5.95. The van der Waals surface area contributed by atoms with E-state index >= 15 is 0 Å². The minimum Gasteiger partial charge on any atom is -0.464 e. The van der Waals surface area contributed by atoms with Crippen molar-refractivity contribution >= 4 is 11.8 Å². The van der Waals surface area contributed by atoms with Gasteiger partial charge in [0, 0.05) is 12.0 Å². The number of ketones is 1. The van der Waals surface area contributed by atoms with E-state index in [1.807, 2.05) is 6.07 Å². The first-order chi connectivity index (χ1) is 8.65. The summed E-state index contributed by atoms with van der Waals surface area (Å²) in [6.45, 7) is 1.93. The molecule has 4 nitrogen and oxygen atoms in total. The van der Waals surface area contributed by atoms with E-state index in [9.17, 15) is 14.7 Å². The molecule has 0 saturated heterocycles. The summed E-state index contributed by atoms with van der Waals surface area (Å²) >= 11 is 0. The fourth-order valence-corrected chi connectivity index (χ4v) is 1.58. The molecule has 1 atom stereocenters. The van der Waals surface area contributed by atoms with Crippen LogP contribution in [0.3, 0.4) is 0 Å². The molecule has 0 spiro atoms.